The van der Waals surface area contributed by atoms with Crippen LogP contribution in [0.5, 0.6) is 0 Å². The fourth-order valence-electron chi connectivity index (χ4n) is 5.33. The van der Waals surface area contributed by atoms with E-state index < -0.39 is 11.7 Å². The lowest BCUT2D eigenvalue weighted by atomic mass is 9.84. The van der Waals surface area contributed by atoms with Crippen LogP contribution >= 0.6 is 34.8 Å². The quantitative estimate of drug-likeness (QED) is 0.413. The summed E-state index contributed by atoms with van der Waals surface area (Å²) in [5.74, 6) is -0.583. The highest BCUT2D eigenvalue weighted by Crippen LogP contribution is 2.35. The van der Waals surface area contributed by atoms with E-state index in [1.165, 1.54) is 0 Å². The van der Waals surface area contributed by atoms with Gasteiger partial charge < -0.3 is 19.4 Å². The maximum absolute atomic E-state index is 13.6. The number of halogens is 3. The Morgan fingerprint density at radius 1 is 0.897 bits per heavy atom. The Morgan fingerprint density at radius 3 is 2.21 bits per heavy atom. The van der Waals surface area contributed by atoms with Gasteiger partial charge in [0.05, 0.1) is 16.0 Å². The van der Waals surface area contributed by atoms with Gasteiger partial charge in [-0.25, -0.2) is 4.79 Å². The molecule has 0 N–H and O–H groups in total. The summed E-state index contributed by atoms with van der Waals surface area (Å²) < 4.78 is 5.49. The maximum atomic E-state index is 13.6. The number of likely N-dealkylation sites (N-methyl/N-ethyl adjacent to an activating group) is 1. The Balaban J connectivity index is 1.52. The molecule has 0 saturated carbocycles. The van der Waals surface area contributed by atoms with E-state index in [-0.39, 0.29) is 29.7 Å². The molecule has 4 rings (SSSR count). The molecule has 0 radical (unpaired) electrons. The standard InChI is InChI=1S/C29H34Cl3N3O4/c1-29(2,3)39-28(38)35-13-11-20(16-35)27(37)34-14-12-25(22(17-34)19-7-10-23(31)24(32)15-19)33(4)26(36)18-5-8-21(30)9-6-18/h5-10,15,20,22,25H,11-14,16-17H2,1-4H3/t20-,22+,25-/m1/s1. The number of carbonyl (C=O) groups excluding carboxylic acids is 3. The molecule has 0 spiro atoms. The fourth-order valence-corrected chi connectivity index (χ4v) is 5.77. The number of hydrogen-bond donors (Lipinski definition) is 0. The van der Waals surface area contributed by atoms with Gasteiger partial charge in [0.1, 0.15) is 5.60 Å². The number of nitrogens with zero attached hydrogens (tertiary/aromatic N) is 3. The molecule has 0 aromatic heterocycles. The van der Waals surface area contributed by atoms with Crippen LogP contribution in [0.1, 0.15) is 55.5 Å². The normalized spacial score (nSPS) is 21.6. The minimum Gasteiger partial charge on any atom is -0.444 e. The van der Waals surface area contributed by atoms with Crippen LogP contribution in [0.25, 0.3) is 0 Å². The summed E-state index contributed by atoms with van der Waals surface area (Å²) in [4.78, 5) is 44.7. The number of rotatable bonds is 4. The van der Waals surface area contributed by atoms with Crippen molar-refractivity contribution < 1.29 is 19.1 Å². The van der Waals surface area contributed by atoms with E-state index >= 15 is 0 Å². The van der Waals surface area contributed by atoms with Crippen LogP contribution in [0, 0.1) is 5.92 Å². The number of piperidine rings is 1. The Kier molecular flexibility index (Phi) is 9.04. The van der Waals surface area contributed by atoms with Crippen LogP contribution in [-0.4, -0.2) is 77.5 Å². The minimum absolute atomic E-state index is 0.0104. The SMILES string of the molecule is CN(C(=O)c1ccc(Cl)cc1)[C@@H]1CCN(C(=O)[C@@H]2CCN(C(=O)OC(C)(C)C)C2)C[C@H]1c1ccc(Cl)c(Cl)c1. The fraction of sp³-hybridized carbons (Fsp3) is 0.483. The van der Waals surface area contributed by atoms with Gasteiger partial charge in [-0.1, -0.05) is 40.9 Å². The smallest absolute Gasteiger partial charge is 0.410 e. The molecular weight excluding hydrogens is 561 g/mol. The third-order valence-corrected chi connectivity index (χ3v) is 8.35. The van der Waals surface area contributed by atoms with Crippen molar-refractivity contribution in [1.29, 1.82) is 0 Å². The molecule has 2 heterocycles. The lowest BCUT2D eigenvalue weighted by molar-refractivity contribution is -0.137. The molecule has 0 bridgehead atoms. The number of benzene rings is 2. The molecule has 0 unspecified atom stereocenters. The van der Waals surface area contributed by atoms with Crippen molar-refractivity contribution in [3.63, 3.8) is 0 Å². The minimum atomic E-state index is -0.594. The third-order valence-electron chi connectivity index (χ3n) is 7.36. The molecule has 2 fully saturated rings. The molecule has 10 heteroatoms. The number of ether oxygens (including phenoxy) is 1. The Hall–Kier alpha value is -2.48. The summed E-state index contributed by atoms with van der Waals surface area (Å²) in [5.41, 5.74) is 0.856. The second-order valence-electron chi connectivity index (χ2n) is 11.3. The van der Waals surface area contributed by atoms with E-state index in [4.69, 9.17) is 39.5 Å². The molecule has 210 valence electrons. The van der Waals surface area contributed by atoms with Gasteiger partial charge in [0.15, 0.2) is 0 Å². The van der Waals surface area contributed by atoms with Gasteiger partial charge in [-0.05, 0) is 75.6 Å². The predicted octanol–water partition coefficient (Wildman–Crippen LogP) is 6.36. The predicted molar refractivity (Wildman–Crippen MR) is 154 cm³/mol. The van der Waals surface area contributed by atoms with Gasteiger partial charge in [0.25, 0.3) is 5.91 Å². The summed E-state index contributed by atoms with van der Waals surface area (Å²) in [5, 5.41) is 1.43. The van der Waals surface area contributed by atoms with Crippen molar-refractivity contribution in [2.45, 2.75) is 51.2 Å². The number of hydrogen-bond acceptors (Lipinski definition) is 4. The summed E-state index contributed by atoms with van der Waals surface area (Å²) in [7, 11) is 1.79. The lowest BCUT2D eigenvalue weighted by Crippen LogP contribution is -2.53. The molecule has 2 saturated heterocycles. The molecule has 2 aromatic carbocycles. The van der Waals surface area contributed by atoms with Gasteiger partial charge in [-0.2, -0.15) is 0 Å². The number of likely N-dealkylation sites (tertiary alicyclic amines) is 2. The zero-order chi connectivity index (χ0) is 28.5. The first-order valence-corrected chi connectivity index (χ1v) is 14.2. The van der Waals surface area contributed by atoms with Crippen molar-refractivity contribution in [1.82, 2.24) is 14.7 Å². The highest BCUT2D eigenvalue weighted by Gasteiger charge is 2.41. The average Bonchev–Trinajstić information content (AvgIpc) is 3.39. The molecular formula is C29H34Cl3N3O4. The monoisotopic (exact) mass is 593 g/mol. The van der Waals surface area contributed by atoms with Crippen LogP contribution in [0.15, 0.2) is 42.5 Å². The molecule has 39 heavy (non-hydrogen) atoms. The second-order valence-corrected chi connectivity index (χ2v) is 12.5. The molecule has 7 nitrogen and oxygen atoms in total. The van der Waals surface area contributed by atoms with Crippen molar-refractivity contribution in [3.05, 3.63) is 68.7 Å². The Labute approximate surface area is 244 Å². The second kappa shape index (κ2) is 11.9. The maximum Gasteiger partial charge on any atom is 0.410 e. The van der Waals surface area contributed by atoms with Crippen LogP contribution in [0.4, 0.5) is 4.79 Å². The average molecular weight is 595 g/mol. The molecule has 2 aliphatic heterocycles. The van der Waals surface area contributed by atoms with Gasteiger partial charge >= 0.3 is 6.09 Å². The molecule has 3 amide bonds. The van der Waals surface area contributed by atoms with Gasteiger partial charge in [0, 0.05) is 55.8 Å². The first-order valence-electron chi connectivity index (χ1n) is 13.1. The van der Waals surface area contributed by atoms with Crippen LogP contribution in [0.2, 0.25) is 15.1 Å². The van der Waals surface area contributed by atoms with Crippen molar-refractivity contribution in [3.8, 4) is 0 Å². The van der Waals surface area contributed by atoms with E-state index in [2.05, 4.69) is 0 Å². The Bertz CT molecular complexity index is 1230. The summed E-state index contributed by atoms with van der Waals surface area (Å²) in [6, 6.07) is 12.1. The zero-order valence-corrected chi connectivity index (χ0v) is 24.9. The van der Waals surface area contributed by atoms with Crippen LogP contribution in [-0.2, 0) is 9.53 Å². The zero-order valence-electron chi connectivity index (χ0n) is 22.6. The van der Waals surface area contributed by atoms with E-state index in [1.807, 2.05) is 37.8 Å². The molecule has 0 aliphatic carbocycles. The highest BCUT2D eigenvalue weighted by molar-refractivity contribution is 6.42. The van der Waals surface area contributed by atoms with E-state index in [9.17, 15) is 14.4 Å². The topological polar surface area (TPSA) is 70.2 Å². The largest absolute Gasteiger partial charge is 0.444 e. The third kappa shape index (κ3) is 7.00. The summed E-state index contributed by atoms with van der Waals surface area (Å²) in [6.45, 7) is 7.21. The first-order chi connectivity index (χ1) is 18.3. The number of carbonyl (C=O) groups is 3. The van der Waals surface area contributed by atoms with Crippen molar-refractivity contribution >= 4 is 52.7 Å². The molecule has 2 aliphatic rings. The molecule has 2 aromatic rings. The Morgan fingerprint density at radius 2 is 1.56 bits per heavy atom. The van der Waals surface area contributed by atoms with E-state index in [0.717, 1.165) is 5.56 Å². The summed E-state index contributed by atoms with van der Waals surface area (Å²) >= 11 is 18.6. The van der Waals surface area contributed by atoms with E-state index in [1.54, 1.807) is 47.2 Å². The lowest BCUT2D eigenvalue weighted by Gasteiger charge is -2.43. The summed E-state index contributed by atoms with van der Waals surface area (Å²) in [6.07, 6.45) is 0.784. The number of amides is 3. The van der Waals surface area contributed by atoms with Crippen molar-refractivity contribution in [2.24, 2.45) is 5.92 Å². The van der Waals surface area contributed by atoms with Gasteiger partial charge in [-0.3, -0.25) is 9.59 Å². The van der Waals surface area contributed by atoms with Gasteiger partial charge in [-0.15, -0.1) is 0 Å². The van der Waals surface area contributed by atoms with E-state index in [0.29, 0.717) is 59.7 Å². The van der Waals surface area contributed by atoms with Crippen LogP contribution < -0.4 is 0 Å². The highest BCUT2D eigenvalue weighted by atomic mass is 35.5. The van der Waals surface area contributed by atoms with Gasteiger partial charge in [0.2, 0.25) is 5.91 Å². The molecule has 3 atom stereocenters. The van der Waals surface area contributed by atoms with Crippen molar-refractivity contribution in [2.75, 3.05) is 33.2 Å². The van der Waals surface area contributed by atoms with Crippen LogP contribution in [0.3, 0.4) is 0 Å². The first kappa shape index (κ1) is 29.5.